The molecule has 0 aromatic rings. The van der Waals surface area contributed by atoms with Gasteiger partial charge in [0, 0.05) is 20.4 Å². The number of amides is 1. The summed E-state index contributed by atoms with van der Waals surface area (Å²) in [4.78, 5) is 10.6. The summed E-state index contributed by atoms with van der Waals surface area (Å²) in [5.74, 6) is 0. The van der Waals surface area contributed by atoms with Crippen LogP contribution in [-0.2, 0) is 25.2 Å². The number of hydrogen-bond acceptors (Lipinski definition) is 1. The molecule has 0 fully saturated rings. The first-order valence-corrected chi connectivity index (χ1v) is 1.32. The number of hydrogen-bond donors (Lipinski definition) is 0. The van der Waals surface area contributed by atoms with Gasteiger partial charge in [0.1, 0.15) is 0 Å². The maximum atomic E-state index is 9.31. The molecule has 0 N–H and O–H groups in total. The molecule has 1 radical (unpaired) electrons. The fourth-order valence-corrected chi connectivity index (χ4v) is 0. The standard InChI is InChI=1S/C3H6NO.Re/c1-4(2)3-5;/h1-2H3;/q-1;. The Morgan fingerprint density at radius 2 is 1.67 bits per heavy atom. The van der Waals surface area contributed by atoms with E-state index in [9.17, 15) is 4.79 Å². The first-order valence-electron chi connectivity index (χ1n) is 1.32. The second kappa shape index (κ2) is 5.13. The van der Waals surface area contributed by atoms with Crippen LogP contribution in [0.2, 0.25) is 0 Å². The molecule has 1 amide bonds. The van der Waals surface area contributed by atoms with Crippen LogP contribution in [0.25, 0.3) is 0 Å². The van der Waals surface area contributed by atoms with Crippen LogP contribution in [0.5, 0.6) is 0 Å². The molecular formula is C3H6NORe-. The molecule has 3 heteroatoms. The van der Waals surface area contributed by atoms with Gasteiger partial charge in [-0.2, -0.15) is 6.41 Å². The van der Waals surface area contributed by atoms with Crippen LogP contribution >= 0.6 is 0 Å². The molecule has 0 aliphatic rings. The van der Waals surface area contributed by atoms with Gasteiger partial charge < -0.3 is 9.69 Å². The average Bonchev–Trinajstić information content (AvgIpc) is 1.38. The van der Waals surface area contributed by atoms with E-state index in [-0.39, 0.29) is 20.4 Å². The van der Waals surface area contributed by atoms with Crippen LogP contribution in [0.3, 0.4) is 0 Å². The molecule has 0 bridgehead atoms. The Bertz CT molecular complexity index is 37.8. The molecule has 0 saturated carbocycles. The van der Waals surface area contributed by atoms with Gasteiger partial charge in [-0.1, -0.05) is 0 Å². The Morgan fingerprint density at radius 1 is 1.50 bits per heavy atom. The van der Waals surface area contributed by atoms with E-state index >= 15 is 0 Å². The van der Waals surface area contributed by atoms with Crippen molar-refractivity contribution in [2.24, 2.45) is 0 Å². The normalized spacial score (nSPS) is 5.67. The molecule has 0 aromatic heterocycles. The second-order valence-corrected chi connectivity index (χ2v) is 0.986. The molecule has 2 nitrogen and oxygen atoms in total. The molecule has 6 heavy (non-hydrogen) atoms. The molecule has 0 aromatic carbocycles. The summed E-state index contributed by atoms with van der Waals surface area (Å²) in [6.45, 7) is 0. The predicted octanol–water partition coefficient (Wildman–Crippen LogP) is -0.387. The third-order valence-corrected chi connectivity index (χ3v) is 0.183. The Morgan fingerprint density at radius 3 is 1.67 bits per heavy atom. The summed E-state index contributed by atoms with van der Waals surface area (Å²) in [5.41, 5.74) is 0. The van der Waals surface area contributed by atoms with Crippen LogP contribution in [0.15, 0.2) is 0 Å². The SMILES string of the molecule is CN(C)[C-]=O.[Re]. The van der Waals surface area contributed by atoms with Crippen molar-refractivity contribution in [3.63, 3.8) is 0 Å². The van der Waals surface area contributed by atoms with Gasteiger partial charge in [-0.05, 0) is 14.1 Å². The van der Waals surface area contributed by atoms with Crippen molar-refractivity contribution in [1.29, 1.82) is 0 Å². The van der Waals surface area contributed by atoms with Gasteiger partial charge in [-0.15, -0.1) is 0 Å². The summed E-state index contributed by atoms with van der Waals surface area (Å²) in [7, 11) is 3.26. The minimum absolute atomic E-state index is 0. The summed E-state index contributed by atoms with van der Waals surface area (Å²) >= 11 is 0. The van der Waals surface area contributed by atoms with Crippen LogP contribution in [0.1, 0.15) is 0 Å². The largest absolute Gasteiger partial charge is 0.522 e. The Kier molecular flexibility index (Phi) is 8.09. The van der Waals surface area contributed by atoms with Crippen molar-refractivity contribution in [2.45, 2.75) is 0 Å². The van der Waals surface area contributed by atoms with E-state index in [2.05, 4.69) is 0 Å². The zero-order valence-corrected chi connectivity index (χ0v) is 6.45. The summed E-state index contributed by atoms with van der Waals surface area (Å²) < 4.78 is 0. The van der Waals surface area contributed by atoms with Crippen molar-refractivity contribution in [3.05, 3.63) is 0 Å². The van der Waals surface area contributed by atoms with E-state index in [4.69, 9.17) is 0 Å². The number of nitrogens with zero attached hydrogens (tertiary/aromatic N) is 1. The fourth-order valence-electron chi connectivity index (χ4n) is 0. The molecule has 0 aliphatic heterocycles. The van der Waals surface area contributed by atoms with E-state index in [1.165, 1.54) is 4.90 Å². The maximum absolute atomic E-state index is 9.31. The van der Waals surface area contributed by atoms with Gasteiger partial charge in [0.2, 0.25) is 0 Å². The Labute approximate surface area is 51.2 Å². The molecule has 0 saturated heterocycles. The predicted molar refractivity (Wildman–Crippen MR) is 19.4 cm³/mol. The molecule has 0 rings (SSSR count). The number of carbonyl (C=O) groups excluding carboxylic acids is 1. The van der Waals surface area contributed by atoms with E-state index in [1.54, 1.807) is 20.5 Å². The molecule has 37 valence electrons. The van der Waals surface area contributed by atoms with Crippen LogP contribution in [0, 0.1) is 0 Å². The van der Waals surface area contributed by atoms with E-state index in [0.717, 1.165) is 0 Å². The van der Waals surface area contributed by atoms with Crippen molar-refractivity contribution < 1.29 is 25.2 Å². The number of rotatable bonds is 1. The smallest absolute Gasteiger partial charge is 0 e. The molecule has 0 aliphatic carbocycles. The second-order valence-electron chi connectivity index (χ2n) is 0.986. The molecule has 0 heterocycles. The maximum Gasteiger partial charge on any atom is 0 e. The minimum Gasteiger partial charge on any atom is -0.522 e. The van der Waals surface area contributed by atoms with Gasteiger partial charge in [0.25, 0.3) is 0 Å². The minimum atomic E-state index is 0. The van der Waals surface area contributed by atoms with E-state index in [0.29, 0.717) is 0 Å². The third kappa shape index (κ3) is 8.92. The van der Waals surface area contributed by atoms with Gasteiger partial charge in [-0.25, -0.2) is 0 Å². The topological polar surface area (TPSA) is 20.3 Å². The van der Waals surface area contributed by atoms with Gasteiger partial charge >= 0.3 is 0 Å². The average molecular weight is 258 g/mol. The molecule has 0 atom stereocenters. The third-order valence-electron chi connectivity index (χ3n) is 0.183. The Balaban J connectivity index is 0. The zero-order chi connectivity index (χ0) is 4.28. The van der Waals surface area contributed by atoms with Crippen LogP contribution in [0.4, 0.5) is 0 Å². The van der Waals surface area contributed by atoms with Gasteiger partial charge in [0.15, 0.2) is 0 Å². The van der Waals surface area contributed by atoms with Crippen molar-refractivity contribution in [1.82, 2.24) is 4.90 Å². The van der Waals surface area contributed by atoms with Crippen LogP contribution in [-0.4, -0.2) is 25.4 Å². The van der Waals surface area contributed by atoms with Gasteiger partial charge in [-0.3, -0.25) is 0 Å². The molecular weight excluding hydrogens is 252 g/mol. The van der Waals surface area contributed by atoms with Crippen LogP contribution < -0.4 is 0 Å². The monoisotopic (exact) mass is 259 g/mol. The van der Waals surface area contributed by atoms with Crippen molar-refractivity contribution in [2.75, 3.05) is 14.1 Å². The fraction of sp³-hybridized carbons (Fsp3) is 0.667. The molecule has 0 spiro atoms. The molecule has 0 unspecified atom stereocenters. The first-order chi connectivity index (χ1) is 2.27. The van der Waals surface area contributed by atoms with Crippen molar-refractivity contribution in [3.8, 4) is 0 Å². The summed E-state index contributed by atoms with van der Waals surface area (Å²) in [5, 5.41) is 0. The van der Waals surface area contributed by atoms with E-state index < -0.39 is 0 Å². The van der Waals surface area contributed by atoms with E-state index in [1.807, 2.05) is 0 Å². The first kappa shape index (κ1) is 9.46. The summed E-state index contributed by atoms with van der Waals surface area (Å²) in [6, 6.07) is 0. The van der Waals surface area contributed by atoms with Crippen molar-refractivity contribution >= 4 is 6.41 Å². The quantitative estimate of drug-likeness (QED) is 0.463. The van der Waals surface area contributed by atoms with Gasteiger partial charge in [0.05, 0.1) is 0 Å². The zero-order valence-electron chi connectivity index (χ0n) is 3.73. The Hall–Kier alpha value is 0.132. The summed E-state index contributed by atoms with van der Waals surface area (Å²) in [6.07, 6.45) is 1.61.